The van der Waals surface area contributed by atoms with Gasteiger partial charge in [-0.15, -0.1) is 11.3 Å². The van der Waals surface area contributed by atoms with E-state index in [0.717, 1.165) is 5.01 Å². The van der Waals surface area contributed by atoms with Crippen LogP contribution in [0.25, 0.3) is 0 Å². The molecule has 1 aromatic rings. The molecule has 1 atom stereocenters. The molecule has 0 radical (unpaired) electrons. The molecule has 1 heterocycles. The Labute approximate surface area is 109 Å². The first-order chi connectivity index (χ1) is 8.50. The fourth-order valence-corrected chi connectivity index (χ4v) is 1.99. The van der Waals surface area contributed by atoms with E-state index < -0.39 is 18.0 Å². The van der Waals surface area contributed by atoms with E-state index in [4.69, 9.17) is 5.11 Å². The van der Waals surface area contributed by atoms with E-state index in [9.17, 15) is 9.59 Å². The third kappa shape index (κ3) is 4.70. The summed E-state index contributed by atoms with van der Waals surface area (Å²) in [6.07, 6.45) is 2.35. The van der Waals surface area contributed by atoms with Crippen LogP contribution < -0.4 is 10.6 Å². The van der Waals surface area contributed by atoms with Gasteiger partial charge >= 0.3 is 12.0 Å². The lowest BCUT2D eigenvalue weighted by atomic mass is 10.1. The molecule has 0 saturated heterocycles. The molecule has 0 bridgehead atoms. The minimum Gasteiger partial charge on any atom is -0.480 e. The predicted molar refractivity (Wildman–Crippen MR) is 68.6 cm³/mol. The van der Waals surface area contributed by atoms with Gasteiger partial charge in [-0.1, -0.05) is 13.8 Å². The SMILES string of the molecule is CC(C)[C@H](NC(=O)NCCc1nccs1)C(=O)O. The van der Waals surface area contributed by atoms with Crippen LogP contribution in [0.2, 0.25) is 0 Å². The summed E-state index contributed by atoms with van der Waals surface area (Å²) in [7, 11) is 0. The molecule has 0 fully saturated rings. The van der Waals surface area contributed by atoms with Crippen LogP contribution in [-0.4, -0.2) is 34.7 Å². The number of aliphatic carboxylic acids is 1. The van der Waals surface area contributed by atoms with Gasteiger partial charge in [0.25, 0.3) is 0 Å². The van der Waals surface area contributed by atoms with Crippen molar-refractivity contribution in [3.63, 3.8) is 0 Å². The van der Waals surface area contributed by atoms with Crippen molar-refractivity contribution in [1.29, 1.82) is 0 Å². The van der Waals surface area contributed by atoms with Crippen LogP contribution in [0.1, 0.15) is 18.9 Å². The van der Waals surface area contributed by atoms with E-state index in [1.165, 1.54) is 11.3 Å². The van der Waals surface area contributed by atoms with Crippen molar-refractivity contribution < 1.29 is 14.7 Å². The van der Waals surface area contributed by atoms with Crippen molar-refractivity contribution >= 4 is 23.3 Å². The van der Waals surface area contributed by atoms with Crippen molar-refractivity contribution in [2.24, 2.45) is 5.92 Å². The molecule has 2 amide bonds. The van der Waals surface area contributed by atoms with Gasteiger partial charge in [-0.3, -0.25) is 0 Å². The lowest BCUT2D eigenvalue weighted by Gasteiger charge is -2.18. The standard InChI is InChI=1S/C11H17N3O3S/c1-7(2)9(10(15)16)14-11(17)13-4-3-8-12-5-6-18-8/h5-7,9H,3-4H2,1-2H3,(H,15,16)(H2,13,14,17)/t9-/m0/s1. The minimum atomic E-state index is -1.03. The quantitative estimate of drug-likeness (QED) is 0.722. The normalized spacial score (nSPS) is 12.2. The highest BCUT2D eigenvalue weighted by atomic mass is 32.1. The lowest BCUT2D eigenvalue weighted by Crippen LogP contribution is -2.48. The topological polar surface area (TPSA) is 91.3 Å². The maximum atomic E-state index is 11.5. The highest BCUT2D eigenvalue weighted by molar-refractivity contribution is 7.09. The minimum absolute atomic E-state index is 0.160. The van der Waals surface area contributed by atoms with Gasteiger partial charge in [0.1, 0.15) is 6.04 Å². The van der Waals surface area contributed by atoms with Gasteiger partial charge in [0.15, 0.2) is 0 Å². The van der Waals surface area contributed by atoms with Gasteiger partial charge in [-0.25, -0.2) is 14.6 Å². The van der Waals surface area contributed by atoms with E-state index in [1.807, 2.05) is 5.38 Å². The second-order valence-corrected chi connectivity index (χ2v) is 5.12. The third-order valence-electron chi connectivity index (χ3n) is 2.33. The largest absolute Gasteiger partial charge is 0.480 e. The van der Waals surface area contributed by atoms with Gasteiger partial charge in [-0.2, -0.15) is 0 Å². The number of aromatic nitrogens is 1. The molecule has 0 spiro atoms. The zero-order valence-electron chi connectivity index (χ0n) is 10.3. The third-order valence-corrected chi connectivity index (χ3v) is 3.17. The first-order valence-corrected chi connectivity index (χ1v) is 6.54. The summed E-state index contributed by atoms with van der Waals surface area (Å²) in [6, 6.07) is -1.34. The van der Waals surface area contributed by atoms with E-state index >= 15 is 0 Å². The highest BCUT2D eigenvalue weighted by Crippen LogP contribution is 2.04. The number of rotatable bonds is 6. The smallest absolute Gasteiger partial charge is 0.326 e. The number of nitrogens with zero attached hydrogens (tertiary/aromatic N) is 1. The number of nitrogens with one attached hydrogen (secondary N) is 2. The van der Waals surface area contributed by atoms with Crippen LogP contribution in [0.3, 0.4) is 0 Å². The van der Waals surface area contributed by atoms with Crippen molar-refractivity contribution in [3.05, 3.63) is 16.6 Å². The molecule has 0 aromatic carbocycles. The zero-order valence-corrected chi connectivity index (χ0v) is 11.2. The molecular weight excluding hydrogens is 254 g/mol. The van der Waals surface area contributed by atoms with Crippen molar-refractivity contribution in [1.82, 2.24) is 15.6 Å². The fraction of sp³-hybridized carbons (Fsp3) is 0.545. The molecule has 3 N–H and O–H groups in total. The Hall–Kier alpha value is -1.63. The molecule has 0 aliphatic heterocycles. The molecule has 6 nitrogen and oxygen atoms in total. The van der Waals surface area contributed by atoms with E-state index in [1.54, 1.807) is 20.0 Å². The van der Waals surface area contributed by atoms with Crippen molar-refractivity contribution in [2.45, 2.75) is 26.3 Å². The Kier molecular flexibility index (Phi) is 5.57. The summed E-state index contributed by atoms with van der Waals surface area (Å²) < 4.78 is 0. The Balaban J connectivity index is 2.30. The molecule has 0 aliphatic carbocycles. The molecular formula is C11H17N3O3S. The average Bonchev–Trinajstić information content (AvgIpc) is 2.78. The van der Waals surface area contributed by atoms with Crippen LogP contribution in [-0.2, 0) is 11.2 Å². The maximum absolute atomic E-state index is 11.5. The number of carbonyl (C=O) groups excluding carboxylic acids is 1. The number of thiazole rings is 1. The Bertz CT molecular complexity index is 392. The van der Waals surface area contributed by atoms with Crippen molar-refractivity contribution in [3.8, 4) is 0 Å². The lowest BCUT2D eigenvalue weighted by molar-refractivity contribution is -0.140. The molecule has 0 saturated carbocycles. The summed E-state index contributed by atoms with van der Waals surface area (Å²) in [5.74, 6) is -1.19. The first-order valence-electron chi connectivity index (χ1n) is 5.66. The monoisotopic (exact) mass is 271 g/mol. The number of urea groups is 1. The van der Waals surface area contributed by atoms with Crippen LogP contribution >= 0.6 is 11.3 Å². The maximum Gasteiger partial charge on any atom is 0.326 e. The van der Waals surface area contributed by atoms with Gasteiger partial charge in [0.05, 0.1) is 5.01 Å². The van der Waals surface area contributed by atoms with Crippen molar-refractivity contribution in [2.75, 3.05) is 6.54 Å². The molecule has 7 heteroatoms. The van der Waals surface area contributed by atoms with Gasteiger partial charge in [0.2, 0.25) is 0 Å². The molecule has 100 valence electrons. The molecule has 1 aromatic heterocycles. The van der Waals surface area contributed by atoms with E-state index in [2.05, 4.69) is 15.6 Å². The fourth-order valence-electron chi connectivity index (χ4n) is 1.37. The van der Waals surface area contributed by atoms with E-state index in [0.29, 0.717) is 13.0 Å². The predicted octanol–water partition coefficient (Wildman–Crippen LogP) is 1.09. The van der Waals surface area contributed by atoms with Crippen LogP contribution in [0.5, 0.6) is 0 Å². The molecule has 18 heavy (non-hydrogen) atoms. The summed E-state index contributed by atoms with van der Waals surface area (Å²) in [6.45, 7) is 3.92. The number of carbonyl (C=O) groups is 2. The summed E-state index contributed by atoms with van der Waals surface area (Å²) in [5, 5.41) is 16.8. The van der Waals surface area contributed by atoms with Gasteiger partial charge in [-0.05, 0) is 5.92 Å². The van der Waals surface area contributed by atoms with Gasteiger partial charge < -0.3 is 15.7 Å². The highest BCUT2D eigenvalue weighted by Gasteiger charge is 2.22. The molecule has 0 unspecified atom stereocenters. The number of carboxylic acids is 1. The number of carboxylic acid groups (broad SMARTS) is 1. The summed E-state index contributed by atoms with van der Waals surface area (Å²) in [5.41, 5.74) is 0. The van der Waals surface area contributed by atoms with Crippen LogP contribution in [0.15, 0.2) is 11.6 Å². The average molecular weight is 271 g/mol. The first kappa shape index (κ1) is 14.4. The number of amides is 2. The summed E-state index contributed by atoms with van der Waals surface area (Å²) >= 11 is 1.52. The Morgan fingerprint density at radius 2 is 2.22 bits per heavy atom. The zero-order chi connectivity index (χ0) is 13.5. The second kappa shape index (κ2) is 6.95. The molecule has 0 aliphatic rings. The van der Waals surface area contributed by atoms with E-state index in [-0.39, 0.29) is 5.92 Å². The number of hydrogen-bond donors (Lipinski definition) is 3. The number of hydrogen-bond acceptors (Lipinski definition) is 4. The summed E-state index contributed by atoms with van der Waals surface area (Å²) in [4.78, 5) is 26.5. The Morgan fingerprint density at radius 3 is 2.72 bits per heavy atom. The van der Waals surface area contributed by atoms with Crippen LogP contribution in [0, 0.1) is 5.92 Å². The molecule has 1 rings (SSSR count). The van der Waals surface area contributed by atoms with Crippen LogP contribution in [0.4, 0.5) is 4.79 Å². The Morgan fingerprint density at radius 1 is 1.50 bits per heavy atom. The van der Waals surface area contributed by atoms with Gasteiger partial charge in [0, 0.05) is 24.5 Å². The second-order valence-electron chi connectivity index (χ2n) is 4.14.